The summed E-state index contributed by atoms with van der Waals surface area (Å²) in [5.41, 5.74) is 2.84. The van der Waals surface area contributed by atoms with Gasteiger partial charge in [0.1, 0.15) is 0 Å². The van der Waals surface area contributed by atoms with Gasteiger partial charge in [0.15, 0.2) is 0 Å². The molecule has 0 aliphatic heterocycles. The van der Waals surface area contributed by atoms with Gasteiger partial charge in [-0.15, -0.1) is 0 Å². The Bertz CT molecular complexity index is 213. The maximum Gasteiger partial charge on any atom is -0.0279 e. The minimum absolute atomic E-state index is 0.993. The molecule has 0 amide bonds. The van der Waals surface area contributed by atoms with Crippen molar-refractivity contribution in [2.75, 3.05) is 0 Å². The Morgan fingerprint density at radius 2 is 2.00 bits per heavy atom. The van der Waals surface area contributed by atoms with Crippen molar-refractivity contribution in [1.29, 1.82) is 0 Å². The zero-order valence-corrected chi connectivity index (χ0v) is 7.14. The molecule has 0 spiro atoms. The van der Waals surface area contributed by atoms with Crippen LogP contribution in [0.15, 0.2) is 24.3 Å². The van der Waals surface area contributed by atoms with E-state index in [-0.39, 0.29) is 0 Å². The number of rotatable bonds is 3. The molecule has 0 fully saturated rings. The average Bonchev–Trinajstić information content (AvgIpc) is 2.06. The molecule has 0 aliphatic carbocycles. The highest BCUT2D eigenvalue weighted by Crippen LogP contribution is 2.07. The van der Waals surface area contributed by atoms with Crippen molar-refractivity contribution in [3.05, 3.63) is 42.3 Å². The van der Waals surface area contributed by atoms with E-state index in [1.165, 1.54) is 11.1 Å². The second kappa shape index (κ2) is 4.17. The van der Waals surface area contributed by atoms with Gasteiger partial charge in [-0.25, -0.2) is 0 Å². The summed E-state index contributed by atoms with van der Waals surface area (Å²) in [7, 11) is 0. The third kappa shape index (κ3) is 2.38. The number of benzene rings is 1. The lowest BCUT2D eigenvalue weighted by Crippen LogP contribution is -1.85. The monoisotopic (exact) mass is 147 g/mol. The molecule has 0 aromatic heterocycles. The van der Waals surface area contributed by atoms with Crippen LogP contribution >= 0.6 is 0 Å². The molecule has 0 unspecified atom stereocenters. The molecule has 0 atom stereocenters. The van der Waals surface area contributed by atoms with Crippen LogP contribution in [0.1, 0.15) is 24.5 Å². The van der Waals surface area contributed by atoms with Gasteiger partial charge in [-0.05, 0) is 30.4 Å². The van der Waals surface area contributed by atoms with Gasteiger partial charge in [-0.1, -0.05) is 38.1 Å². The molecule has 59 valence electrons. The van der Waals surface area contributed by atoms with Gasteiger partial charge in [0, 0.05) is 0 Å². The van der Waals surface area contributed by atoms with Crippen molar-refractivity contribution in [3.8, 4) is 0 Å². The molecule has 1 aromatic carbocycles. The van der Waals surface area contributed by atoms with Crippen LogP contribution in [0.25, 0.3) is 0 Å². The van der Waals surface area contributed by atoms with E-state index in [2.05, 4.69) is 38.1 Å². The van der Waals surface area contributed by atoms with Crippen LogP contribution < -0.4 is 0 Å². The largest absolute Gasteiger partial charge is 0.0617 e. The molecular weight excluding hydrogens is 132 g/mol. The first kappa shape index (κ1) is 8.32. The smallest absolute Gasteiger partial charge is 0.0279 e. The van der Waals surface area contributed by atoms with Crippen molar-refractivity contribution >= 4 is 0 Å². The van der Waals surface area contributed by atoms with Gasteiger partial charge in [-0.3, -0.25) is 0 Å². The summed E-state index contributed by atoms with van der Waals surface area (Å²) in [5, 5.41) is 0. The predicted molar refractivity (Wildman–Crippen MR) is 49.5 cm³/mol. The topological polar surface area (TPSA) is 0 Å². The highest BCUT2D eigenvalue weighted by Gasteiger charge is 1.91. The summed E-state index contributed by atoms with van der Waals surface area (Å²) >= 11 is 0. The number of aryl methyl sites for hydroxylation is 2. The van der Waals surface area contributed by atoms with Gasteiger partial charge in [0.25, 0.3) is 0 Å². The molecule has 1 aromatic rings. The Morgan fingerprint density at radius 1 is 1.27 bits per heavy atom. The lowest BCUT2D eigenvalue weighted by atomic mass is 10.1. The number of hydrogen-bond donors (Lipinski definition) is 0. The van der Waals surface area contributed by atoms with E-state index >= 15 is 0 Å². The highest BCUT2D eigenvalue weighted by atomic mass is 14.0. The molecule has 0 saturated carbocycles. The van der Waals surface area contributed by atoms with Crippen LogP contribution in [0.4, 0.5) is 0 Å². The van der Waals surface area contributed by atoms with E-state index in [1.807, 2.05) is 0 Å². The average molecular weight is 147 g/mol. The van der Waals surface area contributed by atoms with Crippen LogP contribution in [0.5, 0.6) is 0 Å². The van der Waals surface area contributed by atoms with E-state index in [9.17, 15) is 0 Å². The van der Waals surface area contributed by atoms with Gasteiger partial charge in [0.2, 0.25) is 0 Å². The lowest BCUT2D eigenvalue weighted by Gasteiger charge is -2.00. The van der Waals surface area contributed by atoms with Crippen molar-refractivity contribution in [3.63, 3.8) is 0 Å². The third-order valence-electron chi connectivity index (χ3n) is 1.87. The van der Waals surface area contributed by atoms with Crippen LogP contribution in [-0.2, 0) is 12.8 Å². The molecule has 0 heteroatoms. The highest BCUT2D eigenvalue weighted by molar-refractivity contribution is 5.23. The number of hydrogen-bond acceptors (Lipinski definition) is 0. The minimum Gasteiger partial charge on any atom is -0.0617 e. The van der Waals surface area contributed by atoms with E-state index in [0.717, 1.165) is 19.3 Å². The second-order valence-electron chi connectivity index (χ2n) is 2.78. The minimum atomic E-state index is 0.993. The fourth-order valence-corrected chi connectivity index (χ4v) is 1.21. The van der Waals surface area contributed by atoms with E-state index < -0.39 is 0 Å². The maximum atomic E-state index is 3.84. The molecule has 0 aliphatic rings. The van der Waals surface area contributed by atoms with Crippen LogP contribution in [-0.4, -0.2) is 0 Å². The molecule has 1 rings (SSSR count). The van der Waals surface area contributed by atoms with Crippen molar-refractivity contribution in [1.82, 2.24) is 0 Å². The zero-order chi connectivity index (χ0) is 8.10. The second-order valence-corrected chi connectivity index (χ2v) is 2.78. The van der Waals surface area contributed by atoms with E-state index in [4.69, 9.17) is 0 Å². The summed E-state index contributed by atoms with van der Waals surface area (Å²) in [4.78, 5) is 0. The molecule has 0 saturated heterocycles. The van der Waals surface area contributed by atoms with Gasteiger partial charge in [-0.2, -0.15) is 0 Å². The van der Waals surface area contributed by atoms with Crippen molar-refractivity contribution in [2.24, 2.45) is 0 Å². The van der Waals surface area contributed by atoms with Crippen molar-refractivity contribution in [2.45, 2.75) is 26.2 Å². The standard InChI is InChI=1S/C11H15/c1-3-6-11-8-5-7-10(4-2)9-11/h5,7-9H,1,3-4,6H2,2H3. The lowest BCUT2D eigenvalue weighted by molar-refractivity contribution is 0.989. The third-order valence-corrected chi connectivity index (χ3v) is 1.87. The molecule has 11 heavy (non-hydrogen) atoms. The van der Waals surface area contributed by atoms with Crippen LogP contribution in [0.2, 0.25) is 0 Å². The molecule has 1 radical (unpaired) electrons. The Labute approximate surface area is 69.3 Å². The molecule has 0 N–H and O–H groups in total. The fourth-order valence-electron chi connectivity index (χ4n) is 1.21. The Hall–Kier alpha value is -0.780. The Morgan fingerprint density at radius 3 is 2.64 bits per heavy atom. The summed E-state index contributed by atoms with van der Waals surface area (Å²) in [6.45, 7) is 6.02. The Kier molecular flexibility index (Phi) is 3.15. The summed E-state index contributed by atoms with van der Waals surface area (Å²) in [6, 6.07) is 8.74. The summed E-state index contributed by atoms with van der Waals surface area (Å²) < 4.78 is 0. The quantitative estimate of drug-likeness (QED) is 0.616. The van der Waals surface area contributed by atoms with Crippen LogP contribution in [0.3, 0.4) is 0 Å². The molecule has 0 nitrogen and oxygen atoms in total. The molecule has 0 heterocycles. The van der Waals surface area contributed by atoms with Crippen LogP contribution in [0, 0.1) is 6.92 Å². The summed E-state index contributed by atoms with van der Waals surface area (Å²) in [5.74, 6) is 0. The first-order valence-corrected chi connectivity index (χ1v) is 4.24. The van der Waals surface area contributed by atoms with Crippen molar-refractivity contribution < 1.29 is 0 Å². The zero-order valence-electron chi connectivity index (χ0n) is 7.14. The SMILES string of the molecule is [CH2]CCc1cccc(CC)c1. The van der Waals surface area contributed by atoms with E-state index in [0.29, 0.717) is 0 Å². The normalized spacial score (nSPS) is 10.0. The first-order valence-electron chi connectivity index (χ1n) is 4.24. The van der Waals surface area contributed by atoms with E-state index in [1.54, 1.807) is 0 Å². The predicted octanol–water partition coefficient (Wildman–Crippen LogP) is 3.02. The fraction of sp³-hybridized carbons (Fsp3) is 0.364. The van der Waals surface area contributed by atoms with Gasteiger partial charge < -0.3 is 0 Å². The van der Waals surface area contributed by atoms with Gasteiger partial charge >= 0.3 is 0 Å². The molecular formula is C11H15. The maximum absolute atomic E-state index is 3.84. The summed E-state index contributed by atoms with van der Waals surface area (Å²) in [6.07, 6.45) is 3.23. The van der Waals surface area contributed by atoms with Gasteiger partial charge in [0.05, 0.1) is 0 Å². The Balaban J connectivity index is 2.74. The molecule has 0 bridgehead atoms. The first-order chi connectivity index (χ1) is 5.36.